The molecule has 0 saturated carbocycles. The molecule has 1 aromatic heterocycles. The number of nitrogens with one attached hydrogen (secondary N) is 1. The Hall–Kier alpha value is -3.09. The van der Waals surface area contributed by atoms with Gasteiger partial charge in [-0.2, -0.15) is 0 Å². The van der Waals surface area contributed by atoms with Gasteiger partial charge in [0.2, 0.25) is 0 Å². The van der Waals surface area contributed by atoms with Crippen LogP contribution in [0.2, 0.25) is 0 Å². The number of rotatable bonds is 0. The van der Waals surface area contributed by atoms with Gasteiger partial charge in [-0.1, -0.05) is 0 Å². The van der Waals surface area contributed by atoms with Crippen LogP contribution in [0, 0.1) is 0 Å². The van der Waals surface area contributed by atoms with Crippen LogP contribution in [0.15, 0.2) is 41.3 Å². The summed E-state index contributed by atoms with van der Waals surface area (Å²) in [5.74, 6) is -0.852. The van der Waals surface area contributed by atoms with Crippen LogP contribution in [0.25, 0.3) is 11.3 Å². The van der Waals surface area contributed by atoms with E-state index in [1.54, 1.807) is 12.3 Å². The molecular formula is C17H17NO6. The molecule has 0 bridgehead atoms. The van der Waals surface area contributed by atoms with Gasteiger partial charge in [0, 0.05) is 29.9 Å². The third-order valence-electron chi connectivity index (χ3n) is 3.55. The minimum absolute atomic E-state index is 0.0218. The molecule has 7 heteroatoms. The average Bonchev–Trinajstić information content (AvgIpc) is 3.00. The Bertz CT molecular complexity index is 764. The maximum atomic E-state index is 12.3. The van der Waals surface area contributed by atoms with E-state index in [0.717, 1.165) is 11.6 Å². The van der Waals surface area contributed by atoms with Crippen LogP contribution in [0.4, 0.5) is 0 Å². The lowest BCUT2D eigenvalue weighted by Gasteiger charge is -2.13. The summed E-state index contributed by atoms with van der Waals surface area (Å²) in [4.78, 5) is 12.3. The number of esters is 1. The molecule has 0 amide bonds. The fourth-order valence-corrected chi connectivity index (χ4v) is 2.48. The number of fused-ring (bicyclic) bond motifs is 3. The van der Waals surface area contributed by atoms with Gasteiger partial charge in [0.05, 0.1) is 12.5 Å². The van der Waals surface area contributed by atoms with Crippen molar-refractivity contribution in [3.63, 3.8) is 0 Å². The maximum absolute atomic E-state index is 12.3. The van der Waals surface area contributed by atoms with Crippen molar-refractivity contribution >= 4 is 5.97 Å². The third-order valence-corrected chi connectivity index (χ3v) is 3.55. The van der Waals surface area contributed by atoms with Crippen molar-refractivity contribution in [1.29, 1.82) is 0 Å². The molecule has 2 aromatic rings. The SMILES string of the molecule is O=C1OCCO/C=C\NCCc2ccoc2-c2cc(O)cc(O)c21. The van der Waals surface area contributed by atoms with Crippen molar-refractivity contribution in [2.24, 2.45) is 0 Å². The highest BCUT2D eigenvalue weighted by molar-refractivity contribution is 6.00. The molecule has 2 heterocycles. The fraction of sp³-hybridized carbons (Fsp3) is 0.235. The van der Waals surface area contributed by atoms with Gasteiger partial charge in [-0.3, -0.25) is 0 Å². The Morgan fingerprint density at radius 3 is 2.92 bits per heavy atom. The van der Waals surface area contributed by atoms with E-state index >= 15 is 0 Å². The van der Waals surface area contributed by atoms with Crippen LogP contribution in [0.5, 0.6) is 11.5 Å². The summed E-state index contributed by atoms with van der Waals surface area (Å²) in [6.07, 6.45) is 5.26. The summed E-state index contributed by atoms with van der Waals surface area (Å²) in [6, 6.07) is 4.24. The van der Waals surface area contributed by atoms with Crippen LogP contribution in [0.3, 0.4) is 0 Å². The largest absolute Gasteiger partial charge is 0.508 e. The third kappa shape index (κ3) is 3.29. The smallest absolute Gasteiger partial charge is 0.342 e. The van der Waals surface area contributed by atoms with E-state index in [0.29, 0.717) is 18.7 Å². The second kappa shape index (κ2) is 6.99. The van der Waals surface area contributed by atoms with Gasteiger partial charge >= 0.3 is 5.97 Å². The number of cyclic esters (lactones) is 1. The first-order valence-corrected chi connectivity index (χ1v) is 7.46. The predicted molar refractivity (Wildman–Crippen MR) is 84.6 cm³/mol. The van der Waals surface area contributed by atoms with Gasteiger partial charge in [-0.25, -0.2) is 4.79 Å². The molecule has 0 atom stereocenters. The molecule has 24 heavy (non-hydrogen) atoms. The summed E-state index contributed by atoms with van der Waals surface area (Å²) in [6.45, 7) is 0.828. The number of aromatic hydroxyl groups is 2. The number of carbonyl (C=O) groups is 1. The minimum Gasteiger partial charge on any atom is -0.508 e. The summed E-state index contributed by atoms with van der Waals surface area (Å²) < 4.78 is 15.8. The lowest BCUT2D eigenvalue weighted by atomic mass is 9.99. The van der Waals surface area contributed by atoms with Crippen LogP contribution in [-0.2, 0) is 15.9 Å². The molecule has 1 aromatic carbocycles. The van der Waals surface area contributed by atoms with E-state index in [4.69, 9.17) is 13.9 Å². The summed E-state index contributed by atoms with van der Waals surface area (Å²) in [5, 5.41) is 23.0. The number of ether oxygens (including phenoxy) is 2. The first kappa shape index (κ1) is 15.8. The molecule has 0 radical (unpaired) electrons. The van der Waals surface area contributed by atoms with Crippen LogP contribution >= 0.6 is 0 Å². The van der Waals surface area contributed by atoms with Crippen molar-refractivity contribution in [2.45, 2.75) is 6.42 Å². The quantitative estimate of drug-likeness (QED) is 0.636. The molecule has 1 aliphatic rings. The number of phenolic OH excluding ortho intramolecular Hbond substituents is 2. The van der Waals surface area contributed by atoms with Crippen molar-refractivity contribution < 1.29 is 28.9 Å². The molecular weight excluding hydrogens is 314 g/mol. The standard InChI is InChI=1S/C17H17NO6/c19-12-9-13-15(14(20)10-12)17(21)24-8-7-22-6-4-18-3-1-11-2-5-23-16(11)13/h2,4-6,9-10,18-20H,1,3,7-8H2/b6-4-. The average molecular weight is 331 g/mol. The van der Waals surface area contributed by atoms with E-state index in [1.807, 2.05) is 0 Å². The molecule has 0 spiro atoms. The van der Waals surface area contributed by atoms with Gasteiger partial charge in [0.25, 0.3) is 0 Å². The minimum atomic E-state index is -0.715. The number of carbonyl (C=O) groups excluding carboxylic acids is 1. The highest BCUT2D eigenvalue weighted by Crippen LogP contribution is 2.37. The van der Waals surface area contributed by atoms with Crippen LogP contribution in [0.1, 0.15) is 15.9 Å². The van der Waals surface area contributed by atoms with E-state index in [1.165, 1.54) is 18.6 Å². The van der Waals surface area contributed by atoms with Gasteiger partial charge in [0.1, 0.15) is 36.0 Å². The van der Waals surface area contributed by atoms with Gasteiger partial charge in [-0.15, -0.1) is 0 Å². The lowest BCUT2D eigenvalue weighted by molar-refractivity contribution is 0.0417. The Morgan fingerprint density at radius 1 is 1.17 bits per heavy atom. The number of benzene rings is 1. The molecule has 0 fully saturated rings. The van der Waals surface area contributed by atoms with Crippen LogP contribution in [-0.4, -0.2) is 35.9 Å². The first-order chi connectivity index (χ1) is 11.7. The highest BCUT2D eigenvalue weighted by Gasteiger charge is 2.24. The zero-order valence-corrected chi connectivity index (χ0v) is 12.8. The van der Waals surface area contributed by atoms with Crippen molar-refractivity contribution in [3.8, 4) is 22.8 Å². The second-order valence-corrected chi connectivity index (χ2v) is 5.18. The maximum Gasteiger partial charge on any atom is 0.342 e. The summed E-state index contributed by atoms with van der Waals surface area (Å²) in [5.41, 5.74) is 1.06. The number of phenols is 2. The normalized spacial score (nSPS) is 16.6. The second-order valence-electron chi connectivity index (χ2n) is 5.18. The fourth-order valence-electron chi connectivity index (χ4n) is 2.48. The van der Waals surface area contributed by atoms with Crippen molar-refractivity contribution in [2.75, 3.05) is 19.8 Å². The van der Waals surface area contributed by atoms with Gasteiger partial charge in [0.15, 0.2) is 0 Å². The molecule has 7 nitrogen and oxygen atoms in total. The van der Waals surface area contributed by atoms with E-state index in [9.17, 15) is 15.0 Å². The monoisotopic (exact) mass is 331 g/mol. The first-order valence-electron chi connectivity index (χ1n) is 7.46. The zero-order chi connectivity index (χ0) is 16.9. The molecule has 0 unspecified atom stereocenters. The Morgan fingerprint density at radius 2 is 2.04 bits per heavy atom. The highest BCUT2D eigenvalue weighted by atomic mass is 16.6. The lowest BCUT2D eigenvalue weighted by Crippen LogP contribution is -2.13. The summed E-state index contributed by atoms with van der Waals surface area (Å²) in [7, 11) is 0. The van der Waals surface area contributed by atoms with Gasteiger partial charge < -0.3 is 29.4 Å². The Kier molecular flexibility index (Phi) is 4.60. The molecule has 0 aliphatic carbocycles. The molecule has 3 rings (SSSR count). The van der Waals surface area contributed by atoms with E-state index in [2.05, 4.69) is 5.32 Å². The van der Waals surface area contributed by atoms with Crippen molar-refractivity contribution in [3.05, 3.63) is 48.1 Å². The molecule has 3 N–H and O–H groups in total. The van der Waals surface area contributed by atoms with Crippen molar-refractivity contribution in [1.82, 2.24) is 5.32 Å². The number of hydrogen-bond acceptors (Lipinski definition) is 7. The predicted octanol–water partition coefficient (Wildman–Crippen LogP) is 2.15. The topological polar surface area (TPSA) is 101 Å². The molecule has 126 valence electrons. The van der Waals surface area contributed by atoms with E-state index < -0.39 is 5.97 Å². The molecule has 1 aliphatic heterocycles. The molecule has 0 saturated heterocycles. The zero-order valence-electron chi connectivity index (χ0n) is 12.8. The number of hydrogen-bond donors (Lipinski definition) is 3. The Labute approximate surface area is 138 Å². The Balaban J connectivity index is 2.07. The van der Waals surface area contributed by atoms with E-state index in [-0.39, 0.29) is 35.8 Å². The summed E-state index contributed by atoms with van der Waals surface area (Å²) >= 11 is 0. The number of furan rings is 1. The van der Waals surface area contributed by atoms with Crippen LogP contribution < -0.4 is 5.32 Å². The van der Waals surface area contributed by atoms with Gasteiger partial charge in [-0.05, 0) is 18.6 Å².